The van der Waals surface area contributed by atoms with E-state index in [-0.39, 0.29) is 30.3 Å². The van der Waals surface area contributed by atoms with Crippen LogP contribution in [0.1, 0.15) is 37.0 Å². The van der Waals surface area contributed by atoms with Crippen LogP contribution in [0.25, 0.3) is 0 Å². The number of ketones is 1. The fourth-order valence-electron chi connectivity index (χ4n) is 1.89. The van der Waals surface area contributed by atoms with Gasteiger partial charge in [-0.15, -0.1) is 0 Å². The maximum atomic E-state index is 12.3. The molecule has 0 aromatic heterocycles. The number of carbonyl (C=O) groups is 1. The first-order valence-corrected chi connectivity index (χ1v) is 6.66. The van der Waals surface area contributed by atoms with Crippen molar-refractivity contribution >= 4 is 5.78 Å². The van der Waals surface area contributed by atoms with Crippen molar-refractivity contribution in [3.05, 3.63) is 23.8 Å². The minimum absolute atomic E-state index is 0.0930. The van der Waals surface area contributed by atoms with Gasteiger partial charge in [-0.2, -0.15) is 14.0 Å². The zero-order valence-corrected chi connectivity index (χ0v) is 11.9. The number of rotatable bonds is 8. The number of alkyl halides is 2. The van der Waals surface area contributed by atoms with Gasteiger partial charge in [-0.25, -0.2) is 0 Å². The van der Waals surface area contributed by atoms with E-state index in [0.29, 0.717) is 12.0 Å². The van der Waals surface area contributed by atoms with E-state index in [2.05, 4.69) is 4.74 Å². The molecule has 0 fully saturated rings. The lowest BCUT2D eigenvalue weighted by atomic mass is 9.93. The summed E-state index contributed by atoms with van der Waals surface area (Å²) >= 11 is 0. The number of hydrogen-bond acceptors (Lipinski definition) is 4. The summed E-state index contributed by atoms with van der Waals surface area (Å²) in [7, 11) is 0. The molecule has 1 aromatic carbocycles. The second kappa shape index (κ2) is 8.20. The van der Waals surface area contributed by atoms with E-state index in [0.717, 1.165) is 0 Å². The molecule has 0 aliphatic rings. The van der Waals surface area contributed by atoms with Gasteiger partial charge in [0.05, 0.1) is 12.7 Å². The van der Waals surface area contributed by atoms with E-state index in [1.165, 1.54) is 18.2 Å². The smallest absolute Gasteiger partial charge is 0.387 e. The van der Waals surface area contributed by atoms with E-state index < -0.39 is 12.5 Å². The highest BCUT2D eigenvalue weighted by Crippen LogP contribution is 2.31. The number of nitrogens with zero attached hydrogens (tertiary/aromatic N) is 1. The molecular weight excluding hydrogens is 280 g/mol. The van der Waals surface area contributed by atoms with Gasteiger partial charge in [-0.3, -0.25) is 4.79 Å². The van der Waals surface area contributed by atoms with Gasteiger partial charge in [0.2, 0.25) is 0 Å². The molecule has 6 heteroatoms. The third-order valence-corrected chi connectivity index (χ3v) is 2.95. The van der Waals surface area contributed by atoms with Crippen LogP contribution in [0, 0.1) is 17.2 Å². The molecule has 1 aromatic rings. The summed E-state index contributed by atoms with van der Waals surface area (Å²) in [4.78, 5) is 12.3. The highest BCUT2D eigenvalue weighted by molar-refractivity contribution is 5.98. The number of halogens is 2. The van der Waals surface area contributed by atoms with Crippen LogP contribution < -0.4 is 9.47 Å². The Kier molecular flexibility index (Phi) is 6.60. The van der Waals surface area contributed by atoms with Gasteiger partial charge in [-0.1, -0.05) is 6.92 Å². The first kappa shape index (κ1) is 16.9. The summed E-state index contributed by atoms with van der Waals surface area (Å²) in [5.74, 6) is -0.637. The fraction of sp³-hybridized carbons (Fsp3) is 0.467. The molecule has 114 valence electrons. The maximum Gasteiger partial charge on any atom is 0.387 e. The van der Waals surface area contributed by atoms with Crippen LogP contribution in [0.2, 0.25) is 0 Å². The summed E-state index contributed by atoms with van der Waals surface area (Å²) in [6.07, 6.45) is 0.653. The molecule has 21 heavy (non-hydrogen) atoms. The SMILES string of the molecule is CCOc1cc(C(=O)C(CC)CC#N)ccc1OC(F)F. The normalized spacial score (nSPS) is 11.8. The number of benzene rings is 1. The first-order chi connectivity index (χ1) is 10.0. The minimum atomic E-state index is -2.97. The molecule has 0 amide bonds. The van der Waals surface area contributed by atoms with Gasteiger partial charge < -0.3 is 9.47 Å². The largest absolute Gasteiger partial charge is 0.490 e. The molecule has 0 aliphatic heterocycles. The van der Waals surface area contributed by atoms with Gasteiger partial charge in [0.25, 0.3) is 0 Å². The third-order valence-electron chi connectivity index (χ3n) is 2.95. The third kappa shape index (κ3) is 4.71. The van der Waals surface area contributed by atoms with Crippen molar-refractivity contribution in [2.45, 2.75) is 33.3 Å². The second-order valence-corrected chi connectivity index (χ2v) is 4.30. The average Bonchev–Trinajstić information content (AvgIpc) is 2.45. The Morgan fingerprint density at radius 3 is 2.57 bits per heavy atom. The Bertz CT molecular complexity index is 526. The molecular formula is C15H17F2NO3. The minimum Gasteiger partial charge on any atom is -0.490 e. The number of hydrogen-bond donors (Lipinski definition) is 0. The van der Waals surface area contributed by atoms with E-state index in [1.807, 2.05) is 13.0 Å². The summed E-state index contributed by atoms with van der Waals surface area (Å²) in [5, 5.41) is 8.72. The van der Waals surface area contributed by atoms with Crippen molar-refractivity contribution in [1.82, 2.24) is 0 Å². The van der Waals surface area contributed by atoms with E-state index in [9.17, 15) is 13.6 Å². The van der Waals surface area contributed by atoms with Gasteiger partial charge in [0.1, 0.15) is 0 Å². The average molecular weight is 297 g/mol. The quantitative estimate of drug-likeness (QED) is 0.685. The van der Waals surface area contributed by atoms with Crippen molar-refractivity contribution in [2.24, 2.45) is 5.92 Å². The van der Waals surface area contributed by atoms with Crippen molar-refractivity contribution in [2.75, 3.05) is 6.61 Å². The predicted octanol–water partition coefficient (Wildman–Crippen LogP) is 3.81. The number of Topliss-reactive ketones (excluding diaryl/α,β-unsaturated/α-hetero) is 1. The lowest BCUT2D eigenvalue weighted by molar-refractivity contribution is -0.0514. The molecule has 0 spiro atoms. The van der Waals surface area contributed by atoms with Crippen molar-refractivity contribution in [1.29, 1.82) is 5.26 Å². The lowest BCUT2D eigenvalue weighted by Gasteiger charge is -2.14. The maximum absolute atomic E-state index is 12.3. The Labute approximate surface area is 122 Å². The molecule has 0 N–H and O–H groups in total. The molecule has 0 radical (unpaired) electrons. The predicted molar refractivity (Wildman–Crippen MR) is 72.6 cm³/mol. The summed E-state index contributed by atoms with van der Waals surface area (Å²) in [6.45, 7) is 0.808. The van der Waals surface area contributed by atoms with E-state index in [4.69, 9.17) is 10.00 Å². The van der Waals surface area contributed by atoms with Crippen LogP contribution in [0.5, 0.6) is 11.5 Å². The zero-order valence-electron chi connectivity index (χ0n) is 11.9. The highest BCUT2D eigenvalue weighted by Gasteiger charge is 2.20. The number of carbonyl (C=O) groups excluding carboxylic acids is 1. The molecule has 1 unspecified atom stereocenters. The van der Waals surface area contributed by atoms with Gasteiger partial charge in [0, 0.05) is 17.9 Å². The van der Waals surface area contributed by atoms with Gasteiger partial charge >= 0.3 is 6.61 Å². The van der Waals surface area contributed by atoms with Crippen LogP contribution >= 0.6 is 0 Å². The standard InChI is InChI=1S/C15H17F2NO3/c1-3-10(7-8-18)14(19)11-5-6-12(21-15(16)17)13(9-11)20-4-2/h5-6,9-10,15H,3-4,7H2,1-2H3. The number of nitriles is 1. The summed E-state index contributed by atoms with van der Waals surface area (Å²) < 4.78 is 34.2. The molecule has 1 atom stereocenters. The Balaban J connectivity index is 3.06. The van der Waals surface area contributed by atoms with Crippen LogP contribution in [0.3, 0.4) is 0 Å². The molecule has 0 saturated carbocycles. The zero-order chi connectivity index (χ0) is 15.8. The molecule has 0 saturated heterocycles. The monoisotopic (exact) mass is 297 g/mol. The lowest BCUT2D eigenvalue weighted by Crippen LogP contribution is -2.14. The molecule has 0 aliphatic carbocycles. The topological polar surface area (TPSA) is 59.3 Å². The van der Waals surface area contributed by atoms with E-state index in [1.54, 1.807) is 6.92 Å². The Hall–Kier alpha value is -2.16. The van der Waals surface area contributed by atoms with Crippen molar-refractivity contribution in [3.8, 4) is 17.6 Å². The second-order valence-electron chi connectivity index (χ2n) is 4.30. The highest BCUT2D eigenvalue weighted by atomic mass is 19.3. The van der Waals surface area contributed by atoms with Crippen molar-refractivity contribution < 1.29 is 23.0 Å². The van der Waals surface area contributed by atoms with E-state index >= 15 is 0 Å². The molecule has 1 rings (SSSR count). The van der Waals surface area contributed by atoms with Gasteiger partial charge in [-0.05, 0) is 31.5 Å². The molecule has 4 nitrogen and oxygen atoms in total. The fourth-order valence-corrected chi connectivity index (χ4v) is 1.89. The molecule has 0 heterocycles. The molecule has 0 bridgehead atoms. The van der Waals surface area contributed by atoms with Crippen LogP contribution in [-0.2, 0) is 0 Å². The summed E-state index contributed by atoms with van der Waals surface area (Å²) in [6, 6.07) is 6.04. The first-order valence-electron chi connectivity index (χ1n) is 6.66. The van der Waals surface area contributed by atoms with Crippen LogP contribution in [-0.4, -0.2) is 19.0 Å². The van der Waals surface area contributed by atoms with Crippen LogP contribution in [0.4, 0.5) is 8.78 Å². The van der Waals surface area contributed by atoms with Crippen molar-refractivity contribution in [3.63, 3.8) is 0 Å². The summed E-state index contributed by atoms with van der Waals surface area (Å²) in [5.41, 5.74) is 0.321. The van der Waals surface area contributed by atoms with Crippen LogP contribution in [0.15, 0.2) is 18.2 Å². The Morgan fingerprint density at radius 2 is 2.05 bits per heavy atom. The van der Waals surface area contributed by atoms with Gasteiger partial charge in [0.15, 0.2) is 17.3 Å². The Morgan fingerprint density at radius 1 is 1.33 bits per heavy atom. The number of ether oxygens (including phenoxy) is 2.